The normalized spacial score (nSPS) is 25.6. The van der Waals surface area contributed by atoms with Gasteiger partial charge in [0.25, 0.3) is 0 Å². The molecule has 0 spiro atoms. The Bertz CT molecular complexity index is 363. The first-order chi connectivity index (χ1) is 9.23. The van der Waals surface area contributed by atoms with Crippen LogP contribution in [0.3, 0.4) is 0 Å². The molecule has 1 aliphatic heterocycles. The number of hydrogen-bond acceptors (Lipinski definition) is 3. The third-order valence-electron chi connectivity index (χ3n) is 3.98. The molecule has 1 saturated heterocycles. The topological polar surface area (TPSA) is 58.6 Å². The zero-order valence-corrected chi connectivity index (χ0v) is 13.5. The van der Waals surface area contributed by atoms with Crippen molar-refractivity contribution in [3.05, 3.63) is 0 Å². The number of methoxy groups -OCH3 is 1. The molecule has 0 aromatic rings. The van der Waals surface area contributed by atoms with E-state index in [0.29, 0.717) is 13.2 Å². The molecule has 1 N–H and O–H groups in total. The molecule has 1 fully saturated rings. The molecule has 0 aromatic carbocycles. The van der Waals surface area contributed by atoms with E-state index in [9.17, 15) is 9.59 Å². The molecular formula is C15H28N2O3. The Kier molecular flexibility index (Phi) is 5.57. The molecule has 0 aliphatic carbocycles. The number of nitrogens with zero attached hydrogens (tertiary/aromatic N) is 1. The maximum Gasteiger partial charge on any atom is 0.246 e. The van der Waals surface area contributed by atoms with Crippen LogP contribution in [0.4, 0.5) is 0 Å². The lowest BCUT2D eigenvalue weighted by atomic mass is 9.81. The van der Waals surface area contributed by atoms with Crippen molar-refractivity contribution in [2.45, 2.75) is 53.1 Å². The molecule has 1 aliphatic rings. The lowest BCUT2D eigenvalue weighted by Gasteiger charge is -2.45. The highest BCUT2D eigenvalue weighted by atomic mass is 16.5. The van der Waals surface area contributed by atoms with Crippen molar-refractivity contribution < 1.29 is 14.3 Å². The highest BCUT2D eigenvalue weighted by Crippen LogP contribution is 2.29. The maximum atomic E-state index is 12.7. The summed E-state index contributed by atoms with van der Waals surface area (Å²) in [4.78, 5) is 26.8. The van der Waals surface area contributed by atoms with Gasteiger partial charge in [-0.2, -0.15) is 0 Å². The van der Waals surface area contributed by atoms with Gasteiger partial charge in [0, 0.05) is 13.7 Å². The van der Waals surface area contributed by atoms with Gasteiger partial charge in [0.1, 0.15) is 12.1 Å². The first kappa shape index (κ1) is 17.0. The minimum absolute atomic E-state index is 0.0101. The SMILES string of the molecule is CCC(C)C1NC(=O)C(C(C)(C)C)N(CCOC)C1=O. The molecule has 2 amide bonds. The zero-order chi connectivity index (χ0) is 15.5. The van der Waals surface area contributed by atoms with E-state index >= 15 is 0 Å². The highest BCUT2D eigenvalue weighted by molar-refractivity contribution is 5.97. The van der Waals surface area contributed by atoms with E-state index in [2.05, 4.69) is 5.32 Å². The zero-order valence-electron chi connectivity index (χ0n) is 13.5. The summed E-state index contributed by atoms with van der Waals surface area (Å²) >= 11 is 0. The maximum absolute atomic E-state index is 12.7. The summed E-state index contributed by atoms with van der Waals surface area (Å²) in [5.74, 6) is 0.0897. The van der Waals surface area contributed by atoms with Crippen LogP contribution < -0.4 is 5.32 Å². The van der Waals surface area contributed by atoms with E-state index in [1.54, 1.807) is 12.0 Å². The van der Waals surface area contributed by atoms with E-state index in [1.165, 1.54) is 0 Å². The number of amides is 2. The summed E-state index contributed by atoms with van der Waals surface area (Å²) < 4.78 is 5.09. The minimum Gasteiger partial charge on any atom is -0.383 e. The number of ether oxygens (including phenoxy) is 1. The molecule has 3 unspecified atom stereocenters. The molecule has 0 aromatic heterocycles. The van der Waals surface area contributed by atoms with Gasteiger partial charge in [-0.25, -0.2) is 0 Å². The van der Waals surface area contributed by atoms with Crippen molar-refractivity contribution >= 4 is 11.8 Å². The molecular weight excluding hydrogens is 256 g/mol. The summed E-state index contributed by atoms with van der Waals surface area (Å²) in [7, 11) is 1.60. The Morgan fingerprint density at radius 2 is 1.95 bits per heavy atom. The minimum atomic E-state index is -0.439. The van der Waals surface area contributed by atoms with Crippen molar-refractivity contribution in [1.82, 2.24) is 10.2 Å². The average molecular weight is 284 g/mol. The number of rotatable bonds is 5. The van der Waals surface area contributed by atoms with Crippen LogP contribution in [-0.4, -0.2) is 49.1 Å². The molecule has 5 nitrogen and oxygen atoms in total. The molecule has 3 atom stereocenters. The standard InChI is InChI=1S/C15H28N2O3/c1-7-10(2)11-14(19)17(8-9-20-6)12(13(18)16-11)15(3,4)5/h10-12H,7-9H2,1-6H3,(H,16,18). The molecule has 0 radical (unpaired) electrons. The van der Waals surface area contributed by atoms with Crippen molar-refractivity contribution in [1.29, 1.82) is 0 Å². The Morgan fingerprint density at radius 1 is 1.35 bits per heavy atom. The lowest BCUT2D eigenvalue weighted by molar-refractivity contribution is -0.156. The largest absolute Gasteiger partial charge is 0.383 e. The number of carbonyl (C=O) groups excluding carboxylic acids is 2. The van der Waals surface area contributed by atoms with Gasteiger partial charge in [-0.3, -0.25) is 9.59 Å². The Labute approximate surface area is 122 Å². The smallest absolute Gasteiger partial charge is 0.246 e. The molecule has 0 saturated carbocycles. The molecule has 116 valence electrons. The quantitative estimate of drug-likeness (QED) is 0.830. The highest BCUT2D eigenvalue weighted by Gasteiger charge is 2.46. The van der Waals surface area contributed by atoms with Crippen LogP contribution in [0.15, 0.2) is 0 Å². The Hall–Kier alpha value is -1.10. The van der Waals surface area contributed by atoms with E-state index in [4.69, 9.17) is 4.74 Å². The van der Waals surface area contributed by atoms with Gasteiger partial charge in [-0.05, 0) is 11.3 Å². The van der Waals surface area contributed by atoms with Gasteiger partial charge in [0.15, 0.2) is 0 Å². The van der Waals surface area contributed by atoms with Crippen LogP contribution in [0, 0.1) is 11.3 Å². The number of hydrogen-bond donors (Lipinski definition) is 1. The predicted molar refractivity (Wildman–Crippen MR) is 78.2 cm³/mol. The summed E-state index contributed by atoms with van der Waals surface area (Å²) in [6, 6.07) is -0.853. The second-order valence-electron chi connectivity index (χ2n) is 6.66. The van der Waals surface area contributed by atoms with Crippen molar-refractivity contribution in [2.75, 3.05) is 20.3 Å². The fourth-order valence-electron chi connectivity index (χ4n) is 2.65. The van der Waals surface area contributed by atoms with Gasteiger partial charge >= 0.3 is 0 Å². The average Bonchev–Trinajstić information content (AvgIpc) is 2.36. The number of nitrogens with one attached hydrogen (secondary N) is 1. The van der Waals surface area contributed by atoms with Crippen molar-refractivity contribution in [2.24, 2.45) is 11.3 Å². The molecule has 1 heterocycles. The first-order valence-electron chi connectivity index (χ1n) is 7.33. The van der Waals surface area contributed by atoms with E-state index < -0.39 is 12.1 Å². The van der Waals surface area contributed by atoms with E-state index in [-0.39, 0.29) is 23.1 Å². The Balaban J connectivity index is 3.04. The Morgan fingerprint density at radius 3 is 2.40 bits per heavy atom. The van der Waals surface area contributed by atoms with Crippen LogP contribution in [0.25, 0.3) is 0 Å². The summed E-state index contributed by atoms with van der Waals surface area (Å²) in [5, 5.41) is 2.91. The van der Waals surface area contributed by atoms with Gasteiger partial charge in [-0.15, -0.1) is 0 Å². The van der Waals surface area contributed by atoms with Crippen LogP contribution in [0.5, 0.6) is 0 Å². The number of carbonyl (C=O) groups is 2. The lowest BCUT2D eigenvalue weighted by Crippen LogP contribution is -2.68. The molecule has 0 bridgehead atoms. The van der Waals surface area contributed by atoms with Crippen LogP contribution in [0.2, 0.25) is 0 Å². The first-order valence-corrected chi connectivity index (χ1v) is 7.33. The summed E-state index contributed by atoms with van der Waals surface area (Å²) in [6.45, 7) is 10.9. The molecule has 5 heteroatoms. The second-order valence-corrected chi connectivity index (χ2v) is 6.66. The van der Waals surface area contributed by atoms with Crippen LogP contribution >= 0.6 is 0 Å². The monoisotopic (exact) mass is 284 g/mol. The van der Waals surface area contributed by atoms with Gasteiger partial charge < -0.3 is 15.0 Å². The fourth-order valence-corrected chi connectivity index (χ4v) is 2.65. The fraction of sp³-hybridized carbons (Fsp3) is 0.867. The van der Waals surface area contributed by atoms with Gasteiger partial charge in [-0.1, -0.05) is 41.0 Å². The molecule has 1 rings (SSSR count). The van der Waals surface area contributed by atoms with Gasteiger partial charge in [0.2, 0.25) is 11.8 Å². The third-order valence-corrected chi connectivity index (χ3v) is 3.98. The van der Waals surface area contributed by atoms with Crippen LogP contribution in [0.1, 0.15) is 41.0 Å². The number of piperazine rings is 1. The van der Waals surface area contributed by atoms with E-state index in [0.717, 1.165) is 6.42 Å². The second kappa shape index (κ2) is 6.57. The third kappa shape index (κ3) is 3.51. The van der Waals surface area contributed by atoms with Crippen molar-refractivity contribution in [3.8, 4) is 0 Å². The molecule has 20 heavy (non-hydrogen) atoms. The van der Waals surface area contributed by atoms with E-state index in [1.807, 2.05) is 34.6 Å². The van der Waals surface area contributed by atoms with Gasteiger partial charge in [0.05, 0.1) is 6.61 Å². The summed E-state index contributed by atoms with van der Waals surface area (Å²) in [5.41, 5.74) is -0.298. The predicted octanol–water partition coefficient (Wildman–Crippen LogP) is 1.42. The summed E-state index contributed by atoms with van der Waals surface area (Å²) in [6.07, 6.45) is 0.856. The van der Waals surface area contributed by atoms with Crippen LogP contribution in [-0.2, 0) is 14.3 Å². The van der Waals surface area contributed by atoms with Crippen molar-refractivity contribution in [3.63, 3.8) is 0 Å².